The Balaban J connectivity index is 1.82. The van der Waals surface area contributed by atoms with E-state index in [9.17, 15) is 0 Å². The van der Waals surface area contributed by atoms with Gasteiger partial charge < -0.3 is 0 Å². The zero-order chi connectivity index (χ0) is 11.0. The molecule has 1 fully saturated rings. The van der Waals surface area contributed by atoms with Gasteiger partial charge in [-0.3, -0.25) is 5.32 Å². The highest BCUT2D eigenvalue weighted by atomic mass is 35.5. The van der Waals surface area contributed by atoms with Crippen LogP contribution in [0.25, 0.3) is 0 Å². The molecule has 1 aromatic carbocycles. The second-order valence-corrected chi connectivity index (χ2v) is 4.31. The number of hydrogen-bond donors (Lipinski definition) is 1. The van der Waals surface area contributed by atoms with Gasteiger partial charge in [0.05, 0.1) is 17.8 Å². The zero-order valence-corrected chi connectivity index (χ0v) is 9.35. The van der Waals surface area contributed by atoms with Gasteiger partial charge in [0.1, 0.15) is 5.15 Å². The lowest BCUT2D eigenvalue weighted by Crippen LogP contribution is -1.89. The Bertz CT molecular complexity index is 498. The number of aromatic nitrogens is 1. The molecule has 2 heterocycles. The first-order chi connectivity index (χ1) is 7.84. The molecule has 2 unspecified atom stereocenters. The standard InChI is InChI=1S/C13H11ClN2/c14-11-8-4-7-10(15-11)13-12(16-13)9-5-2-1-3-6-9/h1-8,12-13,16H. The van der Waals surface area contributed by atoms with E-state index in [2.05, 4.69) is 34.6 Å². The SMILES string of the molecule is Clc1cccc(C2NC2c2ccccc2)n1. The Hall–Kier alpha value is -1.38. The third kappa shape index (κ3) is 1.82. The van der Waals surface area contributed by atoms with Gasteiger partial charge in [0.25, 0.3) is 0 Å². The van der Waals surface area contributed by atoms with Crippen LogP contribution < -0.4 is 5.32 Å². The van der Waals surface area contributed by atoms with Crippen molar-refractivity contribution in [1.82, 2.24) is 10.3 Å². The molecule has 0 saturated carbocycles. The largest absolute Gasteiger partial charge is 0.298 e. The van der Waals surface area contributed by atoms with Crippen LogP contribution in [0.5, 0.6) is 0 Å². The van der Waals surface area contributed by atoms with E-state index in [0.717, 1.165) is 5.69 Å². The summed E-state index contributed by atoms with van der Waals surface area (Å²) >= 11 is 5.87. The highest BCUT2D eigenvalue weighted by Crippen LogP contribution is 2.41. The first kappa shape index (κ1) is 9.82. The van der Waals surface area contributed by atoms with Crippen LogP contribution in [0, 0.1) is 0 Å². The molecule has 2 aromatic rings. The van der Waals surface area contributed by atoms with Gasteiger partial charge >= 0.3 is 0 Å². The lowest BCUT2D eigenvalue weighted by molar-refractivity contribution is 0.962. The number of pyridine rings is 1. The van der Waals surface area contributed by atoms with Crippen molar-refractivity contribution in [1.29, 1.82) is 0 Å². The van der Waals surface area contributed by atoms with Crippen LogP contribution in [0.1, 0.15) is 23.3 Å². The van der Waals surface area contributed by atoms with Gasteiger partial charge in [-0.05, 0) is 17.7 Å². The molecule has 1 aliphatic rings. The lowest BCUT2D eigenvalue weighted by Gasteiger charge is -1.98. The van der Waals surface area contributed by atoms with E-state index < -0.39 is 0 Å². The third-order valence-corrected chi connectivity index (χ3v) is 3.01. The summed E-state index contributed by atoms with van der Waals surface area (Å²) in [4.78, 5) is 4.31. The number of nitrogens with one attached hydrogen (secondary N) is 1. The average Bonchev–Trinajstić information content (AvgIpc) is 3.10. The molecule has 0 bridgehead atoms. The number of nitrogens with zero attached hydrogens (tertiary/aromatic N) is 1. The summed E-state index contributed by atoms with van der Waals surface area (Å²) in [5.41, 5.74) is 2.32. The summed E-state index contributed by atoms with van der Waals surface area (Å²) in [5, 5.41) is 3.96. The molecule has 1 aliphatic heterocycles. The molecular weight excluding hydrogens is 220 g/mol. The van der Waals surface area contributed by atoms with Crippen LogP contribution in [0.15, 0.2) is 48.5 Å². The van der Waals surface area contributed by atoms with Crippen molar-refractivity contribution >= 4 is 11.6 Å². The number of halogens is 1. The maximum absolute atomic E-state index is 5.87. The molecule has 0 aliphatic carbocycles. The molecule has 2 atom stereocenters. The molecule has 80 valence electrons. The highest BCUT2D eigenvalue weighted by molar-refractivity contribution is 6.29. The average molecular weight is 231 g/mol. The van der Waals surface area contributed by atoms with Gasteiger partial charge in [-0.15, -0.1) is 0 Å². The van der Waals surface area contributed by atoms with Crippen molar-refractivity contribution in [3.8, 4) is 0 Å². The number of rotatable bonds is 2. The van der Waals surface area contributed by atoms with Gasteiger partial charge in [0, 0.05) is 0 Å². The van der Waals surface area contributed by atoms with E-state index in [0.29, 0.717) is 17.2 Å². The fourth-order valence-corrected chi connectivity index (χ4v) is 2.11. The van der Waals surface area contributed by atoms with E-state index in [1.54, 1.807) is 6.07 Å². The van der Waals surface area contributed by atoms with Crippen LogP contribution in [0.3, 0.4) is 0 Å². The predicted octanol–water partition coefficient (Wildman–Crippen LogP) is 3.12. The fourth-order valence-electron chi connectivity index (χ4n) is 1.94. The Kier molecular flexibility index (Phi) is 2.39. The van der Waals surface area contributed by atoms with Crippen molar-refractivity contribution < 1.29 is 0 Å². The van der Waals surface area contributed by atoms with E-state index >= 15 is 0 Å². The van der Waals surface area contributed by atoms with Gasteiger partial charge in [-0.25, -0.2) is 4.98 Å². The van der Waals surface area contributed by atoms with Gasteiger partial charge in [-0.2, -0.15) is 0 Å². The Morgan fingerprint density at radius 3 is 2.50 bits per heavy atom. The predicted molar refractivity (Wildman–Crippen MR) is 64.3 cm³/mol. The number of benzene rings is 1. The van der Waals surface area contributed by atoms with Crippen molar-refractivity contribution in [2.75, 3.05) is 0 Å². The summed E-state index contributed by atoms with van der Waals surface area (Å²) in [6.07, 6.45) is 0. The minimum Gasteiger partial charge on any atom is -0.298 e. The minimum absolute atomic E-state index is 0.307. The molecule has 0 spiro atoms. The Morgan fingerprint density at radius 2 is 1.75 bits per heavy atom. The summed E-state index contributed by atoms with van der Waals surface area (Å²) in [6.45, 7) is 0. The third-order valence-electron chi connectivity index (χ3n) is 2.80. The molecule has 1 saturated heterocycles. The molecule has 2 nitrogen and oxygen atoms in total. The molecule has 0 radical (unpaired) electrons. The van der Waals surface area contributed by atoms with Crippen molar-refractivity contribution in [2.45, 2.75) is 12.1 Å². The minimum atomic E-state index is 0.307. The topological polar surface area (TPSA) is 34.8 Å². The van der Waals surface area contributed by atoms with Gasteiger partial charge in [0.15, 0.2) is 0 Å². The fraction of sp³-hybridized carbons (Fsp3) is 0.154. The van der Waals surface area contributed by atoms with Gasteiger partial charge in [0.2, 0.25) is 0 Å². The quantitative estimate of drug-likeness (QED) is 0.636. The van der Waals surface area contributed by atoms with Crippen LogP contribution in [0.4, 0.5) is 0 Å². The van der Waals surface area contributed by atoms with E-state index in [1.165, 1.54) is 5.56 Å². The maximum Gasteiger partial charge on any atom is 0.129 e. The molecule has 1 aromatic heterocycles. The first-order valence-electron chi connectivity index (χ1n) is 5.28. The Morgan fingerprint density at radius 1 is 0.938 bits per heavy atom. The van der Waals surface area contributed by atoms with E-state index in [-0.39, 0.29) is 0 Å². The van der Waals surface area contributed by atoms with Crippen molar-refractivity contribution in [2.24, 2.45) is 0 Å². The molecule has 3 heteroatoms. The van der Waals surface area contributed by atoms with E-state index in [4.69, 9.17) is 11.6 Å². The summed E-state index contributed by atoms with van der Waals surface area (Å²) in [6, 6.07) is 16.8. The van der Waals surface area contributed by atoms with Crippen LogP contribution in [-0.2, 0) is 0 Å². The number of hydrogen-bond acceptors (Lipinski definition) is 2. The normalized spacial score (nSPS) is 23.1. The second-order valence-electron chi connectivity index (χ2n) is 3.92. The van der Waals surface area contributed by atoms with Crippen LogP contribution >= 0.6 is 11.6 Å². The molecule has 1 N–H and O–H groups in total. The maximum atomic E-state index is 5.87. The van der Waals surface area contributed by atoms with Crippen molar-refractivity contribution in [3.63, 3.8) is 0 Å². The molecule has 3 rings (SSSR count). The van der Waals surface area contributed by atoms with Crippen LogP contribution in [-0.4, -0.2) is 4.98 Å². The lowest BCUT2D eigenvalue weighted by atomic mass is 10.1. The monoisotopic (exact) mass is 230 g/mol. The summed E-state index contributed by atoms with van der Waals surface area (Å²) in [7, 11) is 0. The molecular formula is C13H11ClN2. The zero-order valence-electron chi connectivity index (χ0n) is 8.60. The smallest absolute Gasteiger partial charge is 0.129 e. The van der Waals surface area contributed by atoms with Crippen molar-refractivity contribution in [3.05, 3.63) is 64.9 Å². The van der Waals surface area contributed by atoms with E-state index in [1.807, 2.05) is 18.2 Å². The molecule has 0 amide bonds. The second kappa shape index (κ2) is 3.89. The Labute approximate surface area is 99.3 Å². The van der Waals surface area contributed by atoms with Gasteiger partial charge in [-0.1, -0.05) is 48.0 Å². The van der Waals surface area contributed by atoms with Crippen LogP contribution in [0.2, 0.25) is 5.15 Å². The summed E-state index contributed by atoms with van der Waals surface area (Å²) < 4.78 is 0. The highest BCUT2D eigenvalue weighted by Gasteiger charge is 2.39. The summed E-state index contributed by atoms with van der Waals surface area (Å²) in [5.74, 6) is 0. The first-order valence-corrected chi connectivity index (χ1v) is 5.66. The molecule has 16 heavy (non-hydrogen) atoms.